The first kappa shape index (κ1) is 10.4. The van der Waals surface area contributed by atoms with E-state index in [2.05, 4.69) is 4.98 Å². The zero-order valence-electron chi connectivity index (χ0n) is 8.61. The van der Waals surface area contributed by atoms with Crippen LogP contribution >= 0.6 is 0 Å². The second-order valence-corrected chi connectivity index (χ2v) is 3.20. The van der Waals surface area contributed by atoms with Crippen molar-refractivity contribution < 1.29 is 13.9 Å². The monoisotopic (exact) mass is 223 g/mol. The quantitative estimate of drug-likeness (QED) is 0.777. The van der Waals surface area contributed by atoms with Crippen molar-refractivity contribution in [3.8, 4) is 0 Å². The van der Waals surface area contributed by atoms with E-state index in [1.165, 1.54) is 16.8 Å². The molecule has 2 heterocycles. The van der Waals surface area contributed by atoms with Crippen molar-refractivity contribution in [3.05, 3.63) is 30.0 Å². The summed E-state index contributed by atoms with van der Waals surface area (Å²) in [5.41, 5.74) is 5.84. The smallest absolute Gasteiger partial charge is 0.358 e. The van der Waals surface area contributed by atoms with Crippen LogP contribution in [0.4, 0.5) is 10.1 Å². The molecule has 5 nitrogen and oxygen atoms in total. The lowest BCUT2D eigenvalue weighted by molar-refractivity contribution is 0.0520. The number of hydrogen-bond donors (Lipinski definition) is 1. The van der Waals surface area contributed by atoms with Crippen LogP contribution in [-0.4, -0.2) is 22.0 Å². The summed E-state index contributed by atoms with van der Waals surface area (Å²) in [5, 5.41) is 0. The SMILES string of the molecule is CCOC(=O)c1cn2cc(N)cc(F)c2n1. The highest BCUT2D eigenvalue weighted by Crippen LogP contribution is 2.14. The summed E-state index contributed by atoms with van der Waals surface area (Å²) in [6, 6.07) is 1.15. The molecule has 6 heteroatoms. The van der Waals surface area contributed by atoms with E-state index in [-0.39, 0.29) is 23.6 Å². The van der Waals surface area contributed by atoms with E-state index in [4.69, 9.17) is 10.5 Å². The fourth-order valence-corrected chi connectivity index (χ4v) is 1.38. The summed E-state index contributed by atoms with van der Waals surface area (Å²) in [6.07, 6.45) is 2.86. The number of nitrogens with two attached hydrogens (primary N) is 1. The molecule has 2 rings (SSSR count). The standard InChI is InChI=1S/C10H10FN3O2/c1-2-16-10(15)8-5-14-4-6(12)3-7(11)9(14)13-8/h3-5H,2,12H2,1H3. The van der Waals surface area contributed by atoms with Gasteiger partial charge in [0, 0.05) is 18.5 Å². The molecule has 2 aromatic heterocycles. The molecular formula is C10H10FN3O2. The van der Waals surface area contributed by atoms with E-state index in [9.17, 15) is 9.18 Å². The van der Waals surface area contributed by atoms with Crippen molar-refractivity contribution in [2.24, 2.45) is 0 Å². The third-order valence-corrected chi connectivity index (χ3v) is 2.01. The Morgan fingerprint density at radius 3 is 3.06 bits per heavy atom. The first-order chi connectivity index (χ1) is 7.61. The zero-order chi connectivity index (χ0) is 11.7. The van der Waals surface area contributed by atoms with Gasteiger partial charge in [0.15, 0.2) is 17.2 Å². The van der Waals surface area contributed by atoms with Crippen molar-refractivity contribution >= 4 is 17.3 Å². The van der Waals surface area contributed by atoms with Crippen LogP contribution in [0.5, 0.6) is 0 Å². The Labute approximate surface area is 90.6 Å². The Kier molecular flexibility index (Phi) is 2.47. The second kappa shape index (κ2) is 3.80. The molecule has 84 valence electrons. The van der Waals surface area contributed by atoms with Gasteiger partial charge < -0.3 is 14.9 Å². The molecule has 0 saturated carbocycles. The highest BCUT2D eigenvalue weighted by Gasteiger charge is 2.14. The van der Waals surface area contributed by atoms with E-state index in [0.717, 1.165) is 6.07 Å². The Bertz CT molecular complexity index is 550. The number of carbonyl (C=O) groups excluding carboxylic acids is 1. The summed E-state index contributed by atoms with van der Waals surface area (Å²) in [6.45, 7) is 1.93. The maximum atomic E-state index is 13.4. The number of halogens is 1. The molecule has 0 amide bonds. The van der Waals surface area contributed by atoms with Crippen molar-refractivity contribution in [2.45, 2.75) is 6.92 Å². The Balaban J connectivity index is 2.51. The number of pyridine rings is 1. The van der Waals surface area contributed by atoms with Crippen LogP contribution in [-0.2, 0) is 4.74 Å². The molecule has 0 aromatic carbocycles. The van der Waals surface area contributed by atoms with Gasteiger partial charge in [0.2, 0.25) is 0 Å². The van der Waals surface area contributed by atoms with E-state index in [1.807, 2.05) is 0 Å². The molecular weight excluding hydrogens is 213 g/mol. The summed E-state index contributed by atoms with van der Waals surface area (Å²) in [5.74, 6) is -1.15. The fourth-order valence-electron chi connectivity index (χ4n) is 1.38. The molecule has 0 atom stereocenters. The lowest BCUT2D eigenvalue weighted by atomic mass is 10.4. The Morgan fingerprint density at radius 2 is 2.38 bits per heavy atom. The molecule has 0 fully saturated rings. The van der Waals surface area contributed by atoms with Crippen LogP contribution in [0.1, 0.15) is 17.4 Å². The van der Waals surface area contributed by atoms with Gasteiger partial charge in [-0.15, -0.1) is 0 Å². The van der Waals surface area contributed by atoms with Crippen molar-refractivity contribution in [2.75, 3.05) is 12.3 Å². The summed E-state index contributed by atoms with van der Waals surface area (Å²) in [4.78, 5) is 15.2. The van der Waals surface area contributed by atoms with E-state index >= 15 is 0 Å². The number of hydrogen-bond acceptors (Lipinski definition) is 4. The molecule has 16 heavy (non-hydrogen) atoms. The van der Waals surface area contributed by atoms with Gasteiger partial charge in [-0.1, -0.05) is 0 Å². The number of imidazole rings is 1. The predicted molar refractivity (Wildman–Crippen MR) is 55.5 cm³/mol. The van der Waals surface area contributed by atoms with Crippen LogP contribution in [0.3, 0.4) is 0 Å². The molecule has 0 aliphatic carbocycles. The molecule has 0 bridgehead atoms. The number of ether oxygens (including phenoxy) is 1. The summed E-state index contributed by atoms with van der Waals surface area (Å²) >= 11 is 0. The average molecular weight is 223 g/mol. The third kappa shape index (κ3) is 1.69. The van der Waals surface area contributed by atoms with Gasteiger partial charge in [-0.2, -0.15) is 0 Å². The summed E-state index contributed by atoms with van der Waals surface area (Å²) < 4.78 is 19.5. The van der Waals surface area contributed by atoms with Gasteiger partial charge in [-0.05, 0) is 6.92 Å². The van der Waals surface area contributed by atoms with Gasteiger partial charge in [0.25, 0.3) is 0 Å². The van der Waals surface area contributed by atoms with Gasteiger partial charge in [0.1, 0.15) is 0 Å². The number of carbonyl (C=O) groups is 1. The van der Waals surface area contributed by atoms with Gasteiger partial charge in [-0.3, -0.25) is 0 Å². The molecule has 2 aromatic rings. The minimum atomic E-state index is -0.579. The van der Waals surface area contributed by atoms with E-state index in [1.54, 1.807) is 6.92 Å². The predicted octanol–water partition coefficient (Wildman–Crippen LogP) is 1.23. The average Bonchev–Trinajstić information content (AvgIpc) is 2.62. The van der Waals surface area contributed by atoms with Crippen molar-refractivity contribution in [1.82, 2.24) is 9.38 Å². The lowest BCUT2D eigenvalue weighted by Crippen LogP contribution is -2.04. The van der Waals surface area contributed by atoms with Crippen LogP contribution in [0.25, 0.3) is 5.65 Å². The molecule has 0 aliphatic rings. The van der Waals surface area contributed by atoms with Gasteiger partial charge in [-0.25, -0.2) is 14.2 Å². The first-order valence-corrected chi connectivity index (χ1v) is 4.72. The molecule has 0 unspecified atom stereocenters. The maximum Gasteiger partial charge on any atom is 0.358 e. The number of anilines is 1. The number of nitrogens with zero attached hydrogens (tertiary/aromatic N) is 2. The van der Waals surface area contributed by atoms with E-state index < -0.39 is 11.8 Å². The fraction of sp³-hybridized carbons (Fsp3) is 0.200. The van der Waals surface area contributed by atoms with E-state index in [0.29, 0.717) is 0 Å². The molecule has 2 N–H and O–H groups in total. The minimum absolute atomic E-state index is 0.0530. The largest absolute Gasteiger partial charge is 0.461 e. The molecule has 0 saturated heterocycles. The lowest BCUT2D eigenvalue weighted by Gasteiger charge is -1.96. The second-order valence-electron chi connectivity index (χ2n) is 3.20. The number of aromatic nitrogens is 2. The topological polar surface area (TPSA) is 69.6 Å². The van der Waals surface area contributed by atoms with Gasteiger partial charge in [0.05, 0.1) is 12.3 Å². The minimum Gasteiger partial charge on any atom is -0.461 e. The van der Waals surface area contributed by atoms with Gasteiger partial charge >= 0.3 is 5.97 Å². The van der Waals surface area contributed by atoms with Crippen LogP contribution in [0.15, 0.2) is 18.5 Å². The summed E-state index contributed by atoms with van der Waals surface area (Å²) in [7, 11) is 0. The highest BCUT2D eigenvalue weighted by molar-refractivity contribution is 5.88. The molecule has 0 aliphatic heterocycles. The van der Waals surface area contributed by atoms with Crippen molar-refractivity contribution in [3.63, 3.8) is 0 Å². The maximum absolute atomic E-state index is 13.4. The number of rotatable bonds is 2. The Hall–Kier alpha value is -2.11. The number of nitrogen functional groups attached to an aromatic ring is 1. The van der Waals surface area contributed by atoms with Crippen LogP contribution < -0.4 is 5.73 Å². The van der Waals surface area contributed by atoms with Crippen molar-refractivity contribution in [1.29, 1.82) is 0 Å². The zero-order valence-corrected chi connectivity index (χ0v) is 8.61. The van der Waals surface area contributed by atoms with Crippen LogP contribution in [0.2, 0.25) is 0 Å². The molecule has 0 spiro atoms. The normalized spacial score (nSPS) is 10.6. The Morgan fingerprint density at radius 1 is 1.62 bits per heavy atom. The van der Waals surface area contributed by atoms with Crippen LogP contribution in [0, 0.1) is 5.82 Å². The first-order valence-electron chi connectivity index (χ1n) is 4.72. The number of fused-ring (bicyclic) bond motifs is 1. The molecule has 0 radical (unpaired) electrons. The number of esters is 1. The third-order valence-electron chi connectivity index (χ3n) is 2.01. The highest BCUT2D eigenvalue weighted by atomic mass is 19.1.